The second-order valence-electron chi connectivity index (χ2n) is 7.72. The van der Waals surface area contributed by atoms with Crippen LogP contribution in [0, 0.1) is 0 Å². The van der Waals surface area contributed by atoms with Crippen LogP contribution in [0.25, 0.3) is 11.4 Å². The molecule has 4 aromatic rings. The summed E-state index contributed by atoms with van der Waals surface area (Å²) in [4.78, 5) is 19.7. The number of anilines is 2. The second-order valence-corrected chi connectivity index (χ2v) is 8.66. The van der Waals surface area contributed by atoms with Gasteiger partial charge in [-0.1, -0.05) is 54.2 Å². The summed E-state index contributed by atoms with van der Waals surface area (Å²) < 4.78 is 1.96. The summed E-state index contributed by atoms with van der Waals surface area (Å²) in [6, 6.07) is 20.1. The van der Waals surface area contributed by atoms with Crippen molar-refractivity contribution in [1.29, 1.82) is 0 Å². The first kappa shape index (κ1) is 21.2. The Balaban J connectivity index is 1.45. The number of thioether (sulfide) groups is 1. The minimum absolute atomic E-state index is 0.0119. The van der Waals surface area contributed by atoms with Gasteiger partial charge in [0.15, 0.2) is 11.0 Å². The molecule has 0 bridgehead atoms. The van der Waals surface area contributed by atoms with Gasteiger partial charge in [0.1, 0.15) is 0 Å². The number of benzene rings is 2. The van der Waals surface area contributed by atoms with Gasteiger partial charge in [0.25, 0.3) is 0 Å². The minimum Gasteiger partial charge on any atom is -0.298 e. The molecule has 0 radical (unpaired) electrons. The van der Waals surface area contributed by atoms with Crippen LogP contribution in [-0.4, -0.2) is 31.4 Å². The number of allylic oxidation sites excluding steroid dienone is 1. The smallest absolute Gasteiger partial charge is 0.242 e. The van der Waals surface area contributed by atoms with Crippen molar-refractivity contribution in [3.8, 4) is 11.4 Å². The third kappa shape index (κ3) is 4.19. The molecule has 3 heterocycles. The summed E-state index contributed by atoms with van der Waals surface area (Å²) in [7, 11) is 0. The van der Waals surface area contributed by atoms with Crippen molar-refractivity contribution in [2.45, 2.75) is 24.5 Å². The average molecular weight is 454 g/mol. The number of carbonyl (C=O) groups is 1. The molecule has 7 heteroatoms. The van der Waals surface area contributed by atoms with Crippen LogP contribution in [0.5, 0.6) is 0 Å². The number of aryl methyl sites for hydroxylation is 2. The number of rotatable bonds is 6. The Labute approximate surface area is 197 Å². The predicted octanol–water partition coefficient (Wildman–Crippen LogP) is 5.08. The topological polar surface area (TPSA) is 63.9 Å². The van der Waals surface area contributed by atoms with Crippen LogP contribution in [0.2, 0.25) is 0 Å². The van der Waals surface area contributed by atoms with E-state index in [0.29, 0.717) is 17.5 Å². The molecule has 0 N–H and O–H groups in total. The molecule has 6 nitrogen and oxygen atoms in total. The fourth-order valence-electron chi connectivity index (χ4n) is 4.14. The normalized spacial score (nSPS) is 12.5. The average Bonchev–Trinajstić information content (AvgIpc) is 3.17. The van der Waals surface area contributed by atoms with Crippen molar-refractivity contribution in [1.82, 2.24) is 19.7 Å². The van der Waals surface area contributed by atoms with Gasteiger partial charge in [0, 0.05) is 24.5 Å². The number of amides is 1. The zero-order valence-electron chi connectivity index (χ0n) is 18.1. The quantitative estimate of drug-likeness (QED) is 0.301. The van der Waals surface area contributed by atoms with Crippen LogP contribution >= 0.6 is 11.8 Å². The van der Waals surface area contributed by atoms with Crippen LogP contribution in [-0.2, 0) is 24.2 Å². The monoisotopic (exact) mass is 453 g/mol. The lowest BCUT2D eigenvalue weighted by molar-refractivity contribution is -0.115. The van der Waals surface area contributed by atoms with E-state index < -0.39 is 0 Å². The van der Waals surface area contributed by atoms with Crippen LogP contribution in [0.1, 0.15) is 11.1 Å². The van der Waals surface area contributed by atoms with E-state index >= 15 is 0 Å². The number of hydrogen-bond donors (Lipinski definition) is 0. The first-order valence-electron chi connectivity index (χ1n) is 10.8. The lowest BCUT2D eigenvalue weighted by Gasteiger charge is -2.24. The highest BCUT2D eigenvalue weighted by molar-refractivity contribution is 7.99. The molecule has 0 spiro atoms. The molecule has 164 valence electrons. The molecule has 0 unspecified atom stereocenters. The van der Waals surface area contributed by atoms with Gasteiger partial charge in [0.2, 0.25) is 5.91 Å². The molecule has 0 saturated heterocycles. The Morgan fingerprint density at radius 2 is 1.67 bits per heavy atom. The maximum atomic E-state index is 13.6. The Morgan fingerprint density at radius 1 is 0.970 bits per heavy atom. The number of para-hydroxylation sites is 2. The Kier molecular flexibility index (Phi) is 6.04. The zero-order valence-corrected chi connectivity index (χ0v) is 18.9. The van der Waals surface area contributed by atoms with Crippen molar-refractivity contribution in [3.63, 3.8) is 0 Å². The van der Waals surface area contributed by atoms with Crippen molar-refractivity contribution in [2.75, 3.05) is 10.7 Å². The molecule has 1 amide bonds. The molecule has 2 aromatic heterocycles. The number of carbonyl (C=O) groups excluding carboxylic acids is 1. The van der Waals surface area contributed by atoms with Gasteiger partial charge in [-0.25, -0.2) is 0 Å². The van der Waals surface area contributed by atoms with Gasteiger partial charge in [0.05, 0.1) is 17.1 Å². The lowest BCUT2D eigenvalue weighted by atomic mass is 10.0. The van der Waals surface area contributed by atoms with Gasteiger partial charge in [-0.3, -0.25) is 19.2 Å². The fourth-order valence-corrected chi connectivity index (χ4v) is 4.93. The van der Waals surface area contributed by atoms with Gasteiger partial charge < -0.3 is 0 Å². The molecule has 5 rings (SSSR count). The lowest BCUT2D eigenvalue weighted by Crippen LogP contribution is -2.28. The Bertz CT molecular complexity index is 1250. The number of pyridine rings is 1. The summed E-state index contributed by atoms with van der Waals surface area (Å²) in [5.41, 5.74) is 5.15. The van der Waals surface area contributed by atoms with E-state index in [1.165, 1.54) is 22.9 Å². The number of aromatic nitrogens is 4. The highest BCUT2D eigenvalue weighted by atomic mass is 32.2. The SMILES string of the molecule is C=CCn1c(SCC(=O)N2c3ccccc3CCc3ccccc32)nnc1-c1cccnc1. The molecule has 33 heavy (non-hydrogen) atoms. The van der Waals surface area contributed by atoms with Gasteiger partial charge in [-0.15, -0.1) is 16.8 Å². The molecule has 2 aromatic carbocycles. The second kappa shape index (κ2) is 9.42. The number of nitrogens with zero attached hydrogens (tertiary/aromatic N) is 5. The molecule has 0 aliphatic carbocycles. The maximum absolute atomic E-state index is 13.6. The van der Waals surface area contributed by atoms with Crippen LogP contribution in [0.4, 0.5) is 11.4 Å². The van der Waals surface area contributed by atoms with Crippen molar-refractivity contribution in [3.05, 3.63) is 96.8 Å². The summed E-state index contributed by atoms with van der Waals surface area (Å²) in [6.07, 6.45) is 7.10. The van der Waals surface area contributed by atoms with Crippen molar-refractivity contribution < 1.29 is 4.79 Å². The third-order valence-corrected chi connectivity index (χ3v) is 6.60. The van der Waals surface area contributed by atoms with Crippen LogP contribution in [0.15, 0.2) is 90.9 Å². The molecule has 0 saturated carbocycles. The minimum atomic E-state index is 0.0119. The highest BCUT2D eigenvalue weighted by Gasteiger charge is 2.26. The van der Waals surface area contributed by atoms with E-state index in [9.17, 15) is 4.79 Å². The number of hydrogen-bond acceptors (Lipinski definition) is 5. The molecular formula is C26H23N5OS. The van der Waals surface area contributed by atoms with Crippen molar-refractivity contribution >= 4 is 29.0 Å². The standard InChI is InChI=1S/C26H23N5OS/c1-2-16-30-25(21-10-7-15-27-17-21)28-29-26(30)33-18-24(32)31-22-11-5-3-8-19(22)13-14-20-9-4-6-12-23(20)31/h2-12,15,17H,1,13-14,16,18H2. The van der Waals surface area contributed by atoms with E-state index in [0.717, 1.165) is 29.8 Å². The van der Waals surface area contributed by atoms with E-state index in [4.69, 9.17) is 0 Å². The largest absolute Gasteiger partial charge is 0.298 e. The molecule has 0 fully saturated rings. The van der Waals surface area contributed by atoms with Gasteiger partial charge >= 0.3 is 0 Å². The summed E-state index contributed by atoms with van der Waals surface area (Å²) in [5.74, 6) is 0.964. The van der Waals surface area contributed by atoms with E-state index in [1.54, 1.807) is 18.5 Å². The first-order valence-corrected chi connectivity index (χ1v) is 11.8. The molecule has 1 aliphatic rings. The first-order chi connectivity index (χ1) is 16.3. The van der Waals surface area contributed by atoms with E-state index in [2.05, 4.69) is 33.9 Å². The Morgan fingerprint density at radius 3 is 2.30 bits per heavy atom. The highest BCUT2D eigenvalue weighted by Crippen LogP contribution is 2.36. The third-order valence-electron chi connectivity index (χ3n) is 5.65. The number of fused-ring (bicyclic) bond motifs is 2. The molecule has 1 aliphatic heterocycles. The summed E-state index contributed by atoms with van der Waals surface area (Å²) >= 11 is 1.39. The summed E-state index contributed by atoms with van der Waals surface area (Å²) in [6.45, 7) is 4.41. The summed E-state index contributed by atoms with van der Waals surface area (Å²) in [5, 5.41) is 9.41. The predicted molar refractivity (Wildman–Crippen MR) is 132 cm³/mol. The van der Waals surface area contributed by atoms with Gasteiger partial charge in [-0.2, -0.15) is 0 Å². The molecule has 0 atom stereocenters. The van der Waals surface area contributed by atoms with Crippen LogP contribution < -0.4 is 4.90 Å². The zero-order chi connectivity index (χ0) is 22.6. The van der Waals surface area contributed by atoms with Crippen molar-refractivity contribution in [2.24, 2.45) is 0 Å². The maximum Gasteiger partial charge on any atom is 0.242 e. The van der Waals surface area contributed by atoms with E-state index in [-0.39, 0.29) is 11.7 Å². The molecular weight excluding hydrogens is 430 g/mol. The Hall–Kier alpha value is -3.71. The fraction of sp³-hybridized carbons (Fsp3) is 0.154. The van der Waals surface area contributed by atoms with Crippen LogP contribution in [0.3, 0.4) is 0 Å². The van der Waals surface area contributed by atoms with Gasteiger partial charge in [-0.05, 0) is 48.2 Å². The van der Waals surface area contributed by atoms with E-state index in [1.807, 2.05) is 58.0 Å².